The minimum Gasteiger partial charge on any atom is -0.478 e. The molecule has 0 aromatic heterocycles. The minimum atomic E-state index is -3.63. The molecule has 1 heterocycles. The normalized spacial score (nSPS) is 18.1. The number of aromatic carboxylic acids is 1. The van der Waals surface area contributed by atoms with Gasteiger partial charge in [0.1, 0.15) is 5.37 Å². The van der Waals surface area contributed by atoms with Gasteiger partial charge in [-0.15, -0.1) is 6.58 Å². The van der Waals surface area contributed by atoms with Crippen LogP contribution in [0.5, 0.6) is 0 Å². The van der Waals surface area contributed by atoms with Crippen molar-refractivity contribution >= 4 is 15.8 Å². The zero-order chi connectivity index (χ0) is 15.5. The molecule has 1 atom stereocenters. The summed E-state index contributed by atoms with van der Waals surface area (Å²) in [7, 11) is -3.63. The van der Waals surface area contributed by atoms with Gasteiger partial charge in [-0.25, -0.2) is 13.2 Å². The van der Waals surface area contributed by atoms with E-state index in [1.54, 1.807) is 4.90 Å². The van der Waals surface area contributed by atoms with Crippen molar-refractivity contribution in [2.24, 2.45) is 0 Å². The first kappa shape index (κ1) is 15.7. The fourth-order valence-corrected chi connectivity index (χ4v) is 3.88. The summed E-state index contributed by atoms with van der Waals surface area (Å²) in [5.74, 6) is -1.09. The number of nitrogens with zero attached hydrogens (tertiary/aromatic N) is 1. The topological polar surface area (TPSA) is 83.9 Å². The number of hydrogen-bond acceptors (Lipinski definition) is 5. The van der Waals surface area contributed by atoms with Crippen LogP contribution >= 0.6 is 0 Å². The van der Waals surface area contributed by atoms with Crippen molar-refractivity contribution < 1.29 is 23.1 Å². The number of carboxylic acid groups (broad SMARTS) is 1. The first-order valence-electron chi connectivity index (χ1n) is 6.48. The van der Waals surface area contributed by atoms with E-state index in [-0.39, 0.29) is 10.5 Å². The Labute approximate surface area is 123 Å². The molecule has 0 radical (unpaired) electrons. The van der Waals surface area contributed by atoms with Gasteiger partial charge in [-0.3, -0.25) is 4.90 Å². The lowest BCUT2D eigenvalue weighted by molar-refractivity contribution is 0.0374. The maximum atomic E-state index is 12.6. The van der Waals surface area contributed by atoms with Crippen LogP contribution in [-0.4, -0.2) is 56.1 Å². The smallest absolute Gasteiger partial charge is 0.335 e. The molecule has 1 unspecified atom stereocenters. The SMILES string of the molecule is C=CC(N1CCOCC1)S(=O)(=O)c1ccc(C(=O)O)cc1. The average Bonchev–Trinajstić information content (AvgIpc) is 2.49. The summed E-state index contributed by atoms with van der Waals surface area (Å²) < 4.78 is 30.5. The van der Waals surface area contributed by atoms with Gasteiger partial charge >= 0.3 is 5.97 Å². The zero-order valence-electron chi connectivity index (χ0n) is 11.4. The lowest BCUT2D eigenvalue weighted by atomic mass is 10.2. The van der Waals surface area contributed by atoms with Crippen LogP contribution in [0.2, 0.25) is 0 Å². The fraction of sp³-hybridized carbons (Fsp3) is 0.357. The molecule has 1 aromatic rings. The largest absolute Gasteiger partial charge is 0.478 e. The van der Waals surface area contributed by atoms with E-state index in [0.717, 1.165) is 0 Å². The van der Waals surface area contributed by atoms with Crippen molar-refractivity contribution in [2.75, 3.05) is 26.3 Å². The molecule has 2 rings (SSSR count). The van der Waals surface area contributed by atoms with Gasteiger partial charge in [0.2, 0.25) is 0 Å². The summed E-state index contributed by atoms with van der Waals surface area (Å²) in [6.45, 7) is 5.62. The van der Waals surface area contributed by atoms with Gasteiger partial charge in [0, 0.05) is 13.1 Å². The standard InChI is InChI=1S/C14H17NO5S/c1-2-13(15-7-9-20-10-8-15)21(18,19)12-5-3-11(4-6-12)14(16)17/h2-6,13H,1,7-10H2,(H,16,17). The molecule has 114 valence electrons. The molecule has 1 aliphatic rings. The highest BCUT2D eigenvalue weighted by Gasteiger charge is 2.31. The van der Waals surface area contributed by atoms with Gasteiger partial charge in [-0.05, 0) is 24.3 Å². The number of sulfone groups is 1. The first-order valence-corrected chi connectivity index (χ1v) is 8.03. The number of morpholine rings is 1. The lowest BCUT2D eigenvalue weighted by Gasteiger charge is -2.32. The van der Waals surface area contributed by atoms with E-state index in [2.05, 4.69) is 6.58 Å². The number of hydrogen-bond donors (Lipinski definition) is 1. The van der Waals surface area contributed by atoms with E-state index in [1.807, 2.05) is 0 Å². The van der Waals surface area contributed by atoms with Crippen molar-refractivity contribution in [1.29, 1.82) is 0 Å². The molecule has 0 spiro atoms. The van der Waals surface area contributed by atoms with Crippen LogP contribution in [-0.2, 0) is 14.6 Å². The van der Waals surface area contributed by atoms with Crippen molar-refractivity contribution in [3.05, 3.63) is 42.5 Å². The Morgan fingerprint density at radius 2 is 1.86 bits per heavy atom. The Morgan fingerprint density at radius 1 is 1.29 bits per heavy atom. The number of ether oxygens (including phenoxy) is 1. The second-order valence-corrected chi connectivity index (χ2v) is 6.69. The molecule has 1 saturated heterocycles. The molecule has 6 nitrogen and oxygen atoms in total. The lowest BCUT2D eigenvalue weighted by Crippen LogP contribution is -2.46. The van der Waals surface area contributed by atoms with Gasteiger partial charge in [0.05, 0.1) is 23.7 Å². The third kappa shape index (κ3) is 3.31. The molecular weight excluding hydrogens is 294 g/mol. The van der Waals surface area contributed by atoms with Crippen LogP contribution in [0.25, 0.3) is 0 Å². The fourth-order valence-electron chi connectivity index (χ4n) is 2.23. The second kappa shape index (κ2) is 6.38. The molecule has 0 saturated carbocycles. The predicted molar refractivity (Wildman–Crippen MR) is 77.0 cm³/mol. The Balaban J connectivity index is 2.29. The Kier molecular flexibility index (Phi) is 4.76. The summed E-state index contributed by atoms with van der Waals surface area (Å²) in [5.41, 5.74) is 0.0514. The molecule has 1 aliphatic heterocycles. The third-order valence-corrected chi connectivity index (χ3v) is 5.41. The molecular formula is C14H17NO5S. The molecule has 21 heavy (non-hydrogen) atoms. The number of rotatable bonds is 5. The summed E-state index contributed by atoms with van der Waals surface area (Å²) in [5, 5.41) is 8.01. The Morgan fingerprint density at radius 3 is 2.33 bits per heavy atom. The van der Waals surface area contributed by atoms with Crippen molar-refractivity contribution in [2.45, 2.75) is 10.3 Å². The van der Waals surface area contributed by atoms with Crippen LogP contribution in [0.3, 0.4) is 0 Å². The minimum absolute atomic E-state index is 0.0514. The predicted octanol–water partition coefficient (Wildman–Crippen LogP) is 1.00. The van der Waals surface area contributed by atoms with E-state index in [9.17, 15) is 13.2 Å². The summed E-state index contributed by atoms with van der Waals surface area (Å²) in [6, 6.07) is 5.20. The van der Waals surface area contributed by atoms with Crippen LogP contribution < -0.4 is 0 Å². The highest BCUT2D eigenvalue weighted by Crippen LogP contribution is 2.21. The van der Waals surface area contributed by atoms with Crippen LogP contribution in [0.15, 0.2) is 41.8 Å². The third-order valence-electron chi connectivity index (χ3n) is 3.35. The van der Waals surface area contributed by atoms with Crippen molar-refractivity contribution in [1.82, 2.24) is 4.90 Å². The van der Waals surface area contributed by atoms with Crippen LogP contribution in [0.1, 0.15) is 10.4 Å². The molecule has 7 heteroatoms. The highest BCUT2D eigenvalue weighted by molar-refractivity contribution is 7.92. The number of benzene rings is 1. The summed E-state index contributed by atoms with van der Waals surface area (Å²) >= 11 is 0. The van der Waals surface area contributed by atoms with Gasteiger partial charge in [-0.2, -0.15) is 0 Å². The molecule has 0 aliphatic carbocycles. The van der Waals surface area contributed by atoms with Gasteiger partial charge in [0.25, 0.3) is 0 Å². The van der Waals surface area contributed by atoms with E-state index >= 15 is 0 Å². The van der Waals surface area contributed by atoms with E-state index in [0.29, 0.717) is 26.3 Å². The van der Waals surface area contributed by atoms with Gasteiger partial charge < -0.3 is 9.84 Å². The highest BCUT2D eigenvalue weighted by atomic mass is 32.2. The van der Waals surface area contributed by atoms with Gasteiger partial charge in [-0.1, -0.05) is 6.08 Å². The zero-order valence-corrected chi connectivity index (χ0v) is 12.3. The molecule has 0 amide bonds. The summed E-state index contributed by atoms with van der Waals surface area (Å²) in [4.78, 5) is 12.7. The van der Waals surface area contributed by atoms with E-state index < -0.39 is 21.2 Å². The maximum absolute atomic E-state index is 12.6. The quantitative estimate of drug-likeness (QED) is 0.817. The molecule has 0 bridgehead atoms. The van der Waals surface area contributed by atoms with Gasteiger partial charge in [0.15, 0.2) is 9.84 Å². The van der Waals surface area contributed by atoms with E-state index in [1.165, 1.54) is 30.3 Å². The van der Waals surface area contributed by atoms with Crippen molar-refractivity contribution in [3.8, 4) is 0 Å². The molecule has 1 fully saturated rings. The van der Waals surface area contributed by atoms with Crippen molar-refractivity contribution in [3.63, 3.8) is 0 Å². The number of carboxylic acids is 1. The Bertz CT molecular complexity index is 617. The molecule has 1 aromatic carbocycles. The van der Waals surface area contributed by atoms with Crippen LogP contribution in [0.4, 0.5) is 0 Å². The van der Waals surface area contributed by atoms with Crippen LogP contribution in [0, 0.1) is 0 Å². The second-order valence-electron chi connectivity index (χ2n) is 4.65. The molecule has 1 N–H and O–H groups in total. The van der Waals surface area contributed by atoms with E-state index in [4.69, 9.17) is 9.84 Å². The monoisotopic (exact) mass is 311 g/mol. The Hall–Kier alpha value is -1.70. The first-order chi connectivity index (χ1) is 9.96. The summed E-state index contributed by atoms with van der Waals surface area (Å²) in [6.07, 6.45) is 1.39. The maximum Gasteiger partial charge on any atom is 0.335 e. The average molecular weight is 311 g/mol. The number of carbonyl (C=O) groups is 1.